The summed E-state index contributed by atoms with van der Waals surface area (Å²) < 4.78 is 32.7. The summed E-state index contributed by atoms with van der Waals surface area (Å²) in [4.78, 5) is 30.9. The Morgan fingerprint density at radius 2 is 1.88 bits per heavy atom. The van der Waals surface area contributed by atoms with E-state index in [2.05, 4.69) is 15.4 Å². The summed E-state index contributed by atoms with van der Waals surface area (Å²) >= 11 is 0. The van der Waals surface area contributed by atoms with E-state index in [1.165, 1.54) is 12.1 Å². The molecule has 1 saturated heterocycles. The van der Waals surface area contributed by atoms with E-state index in [1.807, 2.05) is 30.3 Å². The second-order valence-electron chi connectivity index (χ2n) is 11.1. The minimum absolute atomic E-state index is 0.00188. The van der Waals surface area contributed by atoms with Gasteiger partial charge >= 0.3 is 0 Å². The van der Waals surface area contributed by atoms with Crippen LogP contribution in [0.5, 0.6) is 0 Å². The number of aliphatic hydroxyl groups excluding tert-OH is 1. The van der Waals surface area contributed by atoms with E-state index >= 15 is 0 Å². The lowest BCUT2D eigenvalue weighted by Crippen LogP contribution is -2.59. The molecule has 3 aromatic rings. The molecular formula is C31H36F2N4O4. The fraction of sp³-hybridized carbons (Fsp3) is 0.452. The summed E-state index contributed by atoms with van der Waals surface area (Å²) in [5, 5.41) is 17.5. The predicted molar refractivity (Wildman–Crippen MR) is 149 cm³/mol. The fourth-order valence-electron chi connectivity index (χ4n) is 5.99. The number of amides is 2. The first kappa shape index (κ1) is 28.9. The third-order valence-corrected chi connectivity index (χ3v) is 8.34. The fourth-order valence-corrected chi connectivity index (χ4v) is 5.99. The van der Waals surface area contributed by atoms with Crippen molar-refractivity contribution in [3.8, 4) is 11.3 Å². The molecule has 2 amide bonds. The lowest BCUT2D eigenvalue weighted by atomic mass is 9.85. The van der Waals surface area contributed by atoms with Gasteiger partial charge in [-0.3, -0.25) is 14.5 Å². The predicted octanol–water partition coefficient (Wildman–Crippen LogP) is 4.04. The van der Waals surface area contributed by atoms with Gasteiger partial charge in [0.1, 0.15) is 11.6 Å². The van der Waals surface area contributed by atoms with Crippen molar-refractivity contribution >= 4 is 11.8 Å². The lowest BCUT2D eigenvalue weighted by molar-refractivity contribution is -0.138. The number of nitrogens with one attached hydrogen (secondary N) is 1. The van der Waals surface area contributed by atoms with Crippen LogP contribution in [0.15, 0.2) is 59.1 Å². The Hall–Kier alpha value is -3.63. The minimum Gasteiger partial charge on any atom is -0.391 e. The van der Waals surface area contributed by atoms with E-state index in [1.54, 1.807) is 11.9 Å². The van der Waals surface area contributed by atoms with Gasteiger partial charge < -0.3 is 19.8 Å². The van der Waals surface area contributed by atoms with Gasteiger partial charge in [0, 0.05) is 50.9 Å². The quantitative estimate of drug-likeness (QED) is 0.427. The van der Waals surface area contributed by atoms with Crippen molar-refractivity contribution in [1.29, 1.82) is 0 Å². The highest BCUT2D eigenvalue weighted by Gasteiger charge is 2.41. The molecule has 2 fully saturated rings. The van der Waals surface area contributed by atoms with Crippen LogP contribution in [-0.2, 0) is 11.2 Å². The third kappa shape index (κ3) is 6.82. The molecule has 2 heterocycles. The highest BCUT2D eigenvalue weighted by molar-refractivity contribution is 5.94. The molecule has 0 unspecified atom stereocenters. The second kappa shape index (κ2) is 12.9. The third-order valence-electron chi connectivity index (χ3n) is 8.34. The number of nitrogens with zero attached hydrogens (tertiary/aromatic N) is 3. The topological polar surface area (TPSA) is 98.9 Å². The Morgan fingerprint density at radius 1 is 1.10 bits per heavy atom. The number of carbonyl (C=O) groups excluding carboxylic acids is 2. The van der Waals surface area contributed by atoms with Crippen LogP contribution >= 0.6 is 0 Å². The maximum atomic E-state index is 14.2. The van der Waals surface area contributed by atoms with Gasteiger partial charge in [0.15, 0.2) is 11.5 Å². The van der Waals surface area contributed by atoms with Crippen LogP contribution in [0.2, 0.25) is 0 Å². The molecule has 2 aromatic carbocycles. The molecule has 1 aromatic heterocycles. The van der Waals surface area contributed by atoms with E-state index in [4.69, 9.17) is 4.52 Å². The minimum atomic E-state index is -0.824. The molecule has 1 aliphatic carbocycles. The molecule has 5 rings (SSSR count). The molecule has 1 aliphatic heterocycles. The van der Waals surface area contributed by atoms with Gasteiger partial charge in [-0.1, -0.05) is 48.3 Å². The van der Waals surface area contributed by atoms with Gasteiger partial charge in [-0.05, 0) is 43.4 Å². The Bertz CT molecular complexity index is 1350. The van der Waals surface area contributed by atoms with Crippen LogP contribution in [0, 0.1) is 17.6 Å². The highest BCUT2D eigenvalue weighted by atomic mass is 19.1. The second-order valence-corrected chi connectivity index (χ2v) is 11.1. The number of likely N-dealkylation sites (N-methyl/N-ethyl adjacent to an activating group) is 1. The summed E-state index contributed by atoms with van der Waals surface area (Å²) in [6, 6.07) is 13.8. The number of likely N-dealkylation sites (tertiary alicyclic amines) is 1. The zero-order valence-corrected chi connectivity index (χ0v) is 23.1. The summed E-state index contributed by atoms with van der Waals surface area (Å²) in [6.07, 6.45) is 4.47. The van der Waals surface area contributed by atoms with Gasteiger partial charge in [0.25, 0.3) is 5.91 Å². The Morgan fingerprint density at radius 3 is 2.63 bits per heavy atom. The number of hydrogen-bond donors (Lipinski definition) is 2. The van der Waals surface area contributed by atoms with Crippen LogP contribution in [0.4, 0.5) is 8.78 Å². The Labute approximate surface area is 238 Å². The molecule has 0 radical (unpaired) electrons. The van der Waals surface area contributed by atoms with Crippen molar-refractivity contribution < 1.29 is 28.0 Å². The van der Waals surface area contributed by atoms with Gasteiger partial charge in [-0.25, -0.2) is 8.78 Å². The molecule has 2 N–H and O–H groups in total. The maximum absolute atomic E-state index is 14.2. The smallest absolute Gasteiger partial charge is 0.273 e. The van der Waals surface area contributed by atoms with E-state index in [0.717, 1.165) is 43.4 Å². The standard InChI is InChI=1S/C31H36F2N4O4/c1-36(15-13-20-7-3-2-4-8-20)31(40)23-19-37(27-9-5-6-10-28(27)38)16-14-25(23)34-30(39)26-18-29(41-35-26)22-12-11-21(32)17-24(22)33/h2-4,7-8,11-12,17-18,23,25,27-28,38H,5-6,9-10,13-16,19H2,1H3,(H,34,39)/t23-,25-,27+,28+/m1/s1. The number of halogens is 2. The first-order valence-corrected chi connectivity index (χ1v) is 14.2. The molecule has 10 heteroatoms. The molecule has 0 spiro atoms. The first-order valence-electron chi connectivity index (χ1n) is 14.2. The lowest BCUT2D eigenvalue weighted by Gasteiger charge is -2.45. The number of rotatable bonds is 8. The van der Waals surface area contributed by atoms with Crippen molar-refractivity contribution in [2.24, 2.45) is 5.92 Å². The summed E-state index contributed by atoms with van der Waals surface area (Å²) in [5.74, 6) is -2.68. The van der Waals surface area contributed by atoms with E-state index < -0.39 is 35.6 Å². The van der Waals surface area contributed by atoms with Gasteiger partial charge in [0.2, 0.25) is 5.91 Å². The molecule has 218 valence electrons. The monoisotopic (exact) mass is 566 g/mol. The maximum Gasteiger partial charge on any atom is 0.273 e. The zero-order valence-electron chi connectivity index (χ0n) is 23.1. The van der Waals surface area contributed by atoms with Crippen molar-refractivity contribution in [2.45, 2.75) is 56.7 Å². The van der Waals surface area contributed by atoms with Gasteiger partial charge in [-0.15, -0.1) is 0 Å². The molecule has 1 saturated carbocycles. The molecule has 8 nitrogen and oxygen atoms in total. The van der Waals surface area contributed by atoms with E-state index in [-0.39, 0.29) is 29.0 Å². The van der Waals surface area contributed by atoms with E-state index in [0.29, 0.717) is 32.5 Å². The highest BCUT2D eigenvalue weighted by Crippen LogP contribution is 2.29. The van der Waals surface area contributed by atoms with E-state index in [9.17, 15) is 23.5 Å². The van der Waals surface area contributed by atoms with Gasteiger partial charge in [0.05, 0.1) is 17.6 Å². The number of piperidine rings is 1. The largest absolute Gasteiger partial charge is 0.391 e. The SMILES string of the molecule is CN(CCc1ccccc1)C(=O)[C@@H]1CN([C@H]2CCCC[C@@H]2O)CC[C@H]1NC(=O)c1cc(-c2ccc(F)cc2F)on1. The molecule has 4 atom stereocenters. The summed E-state index contributed by atoms with van der Waals surface area (Å²) in [7, 11) is 1.78. The molecule has 2 aliphatic rings. The Kier molecular flexibility index (Phi) is 9.09. The van der Waals surface area contributed by atoms with Crippen molar-refractivity contribution in [3.05, 3.63) is 77.5 Å². The number of aromatic nitrogens is 1. The Balaban J connectivity index is 1.30. The summed E-state index contributed by atoms with van der Waals surface area (Å²) in [5.41, 5.74) is 1.06. The van der Waals surface area contributed by atoms with Crippen molar-refractivity contribution in [2.75, 3.05) is 26.7 Å². The zero-order chi connectivity index (χ0) is 28.9. The van der Waals surface area contributed by atoms with Crippen LogP contribution in [-0.4, -0.2) is 76.7 Å². The number of aliphatic hydroxyl groups is 1. The number of hydrogen-bond acceptors (Lipinski definition) is 6. The normalized spacial score (nSPS) is 23.2. The molecular weight excluding hydrogens is 530 g/mol. The average Bonchev–Trinajstić information content (AvgIpc) is 3.47. The first-order chi connectivity index (χ1) is 19.8. The number of carbonyl (C=O) groups is 2. The van der Waals surface area contributed by atoms with Gasteiger partial charge in [-0.2, -0.15) is 0 Å². The summed E-state index contributed by atoms with van der Waals surface area (Å²) in [6.45, 7) is 1.59. The van der Waals surface area contributed by atoms with Crippen LogP contribution in [0.1, 0.15) is 48.2 Å². The van der Waals surface area contributed by atoms with Crippen molar-refractivity contribution in [1.82, 2.24) is 20.3 Å². The molecule has 0 bridgehead atoms. The number of benzene rings is 2. The van der Waals surface area contributed by atoms with Crippen LogP contribution in [0.3, 0.4) is 0 Å². The van der Waals surface area contributed by atoms with Crippen LogP contribution in [0.25, 0.3) is 11.3 Å². The average molecular weight is 567 g/mol. The van der Waals surface area contributed by atoms with Crippen molar-refractivity contribution in [3.63, 3.8) is 0 Å². The van der Waals surface area contributed by atoms with Crippen LogP contribution < -0.4 is 5.32 Å². The molecule has 41 heavy (non-hydrogen) atoms.